The Labute approximate surface area is 131 Å². The standard InChI is InChI=1S/C17H24N2O3/c1-4-22-17(21)19-9-5-8-18(10-11-19)16(20)15-12-13(2)6-7-14(15)3/h6-7,12H,4-5,8-11H2,1-3H3. The lowest BCUT2D eigenvalue weighted by Crippen LogP contribution is -2.37. The second-order valence-electron chi connectivity index (χ2n) is 5.65. The molecule has 5 heteroatoms. The van der Waals surface area contributed by atoms with E-state index >= 15 is 0 Å². The van der Waals surface area contributed by atoms with Gasteiger partial charge in [-0.1, -0.05) is 17.7 Å². The molecule has 2 amide bonds. The molecule has 0 radical (unpaired) electrons. The number of nitrogens with zero attached hydrogens (tertiary/aromatic N) is 2. The fourth-order valence-corrected chi connectivity index (χ4v) is 2.65. The first-order chi connectivity index (χ1) is 10.5. The minimum absolute atomic E-state index is 0.0481. The van der Waals surface area contributed by atoms with E-state index in [0.717, 1.165) is 23.1 Å². The van der Waals surface area contributed by atoms with Crippen LogP contribution in [-0.4, -0.2) is 54.6 Å². The minimum Gasteiger partial charge on any atom is -0.450 e. The van der Waals surface area contributed by atoms with E-state index in [9.17, 15) is 9.59 Å². The molecule has 1 fully saturated rings. The summed E-state index contributed by atoms with van der Waals surface area (Å²) in [7, 11) is 0. The zero-order chi connectivity index (χ0) is 16.1. The topological polar surface area (TPSA) is 49.9 Å². The molecule has 0 N–H and O–H groups in total. The normalized spacial score (nSPS) is 15.4. The second kappa shape index (κ2) is 7.29. The van der Waals surface area contributed by atoms with Gasteiger partial charge < -0.3 is 14.5 Å². The zero-order valence-corrected chi connectivity index (χ0v) is 13.6. The van der Waals surface area contributed by atoms with Crippen LogP contribution < -0.4 is 0 Å². The lowest BCUT2D eigenvalue weighted by atomic mass is 10.0. The van der Waals surface area contributed by atoms with Crippen LogP contribution in [0.5, 0.6) is 0 Å². The highest BCUT2D eigenvalue weighted by Gasteiger charge is 2.24. The van der Waals surface area contributed by atoms with Crippen molar-refractivity contribution in [1.29, 1.82) is 0 Å². The number of carbonyl (C=O) groups excluding carboxylic acids is 2. The highest BCUT2D eigenvalue weighted by molar-refractivity contribution is 5.95. The fraction of sp³-hybridized carbons (Fsp3) is 0.529. The van der Waals surface area contributed by atoms with Gasteiger partial charge in [-0.25, -0.2) is 4.79 Å². The monoisotopic (exact) mass is 304 g/mol. The predicted molar refractivity (Wildman–Crippen MR) is 85.0 cm³/mol. The molecule has 0 aliphatic carbocycles. The molecule has 1 aliphatic rings. The Kier molecular flexibility index (Phi) is 5.41. The summed E-state index contributed by atoms with van der Waals surface area (Å²) >= 11 is 0. The van der Waals surface area contributed by atoms with E-state index in [0.29, 0.717) is 32.8 Å². The SMILES string of the molecule is CCOC(=O)N1CCCN(C(=O)c2cc(C)ccc2C)CC1. The third-order valence-corrected chi connectivity index (χ3v) is 3.93. The van der Waals surface area contributed by atoms with Crippen LogP contribution in [0.3, 0.4) is 0 Å². The Morgan fingerprint density at radius 3 is 2.50 bits per heavy atom. The van der Waals surface area contributed by atoms with Crippen LogP contribution >= 0.6 is 0 Å². The van der Waals surface area contributed by atoms with Gasteiger partial charge in [0.25, 0.3) is 5.91 Å². The Morgan fingerprint density at radius 1 is 1.09 bits per heavy atom. The maximum atomic E-state index is 12.7. The van der Waals surface area contributed by atoms with Crippen LogP contribution in [0, 0.1) is 13.8 Å². The maximum Gasteiger partial charge on any atom is 0.409 e. The lowest BCUT2D eigenvalue weighted by Gasteiger charge is -2.22. The number of hydrogen-bond acceptors (Lipinski definition) is 3. The van der Waals surface area contributed by atoms with Crippen molar-refractivity contribution in [1.82, 2.24) is 9.80 Å². The van der Waals surface area contributed by atoms with Gasteiger partial charge >= 0.3 is 6.09 Å². The van der Waals surface area contributed by atoms with Crippen LogP contribution in [0.25, 0.3) is 0 Å². The molecule has 1 aliphatic heterocycles. The molecule has 5 nitrogen and oxygen atoms in total. The van der Waals surface area contributed by atoms with E-state index in [4.69, 9.17) is 4.74 Å². The quantitative estimate of drug-likeness (QED) is 0.844. The van der Waals surface area contributed by atoms with Crippen LogP contribution in [0.2, 0.25) is 0 Å². The third kappa shape index (κ3) is 3.78. The van der Waals surface area contributed by atoms with Crippen molar-refractivity contribution < 1.29 is 14.3 Å². The third-order valence-electron chi connectivity index (χ3n) is 3.93. The van der Waals surface area contributed by atoms with E-state index in [2.05, 4.69) is 0 Å². The summed E-state index contributed by atoms with van der Waals surface area (Å²) in [5.74, 6) is 0.0481. The summed E-state index contributed by atoms with van der Waals surface area (Å²) in [6.07, 6.45) is 0.485. The molecule has 22 heavy (non-hydrogen) atoms. The number of carbonyl (C=O) groups is 2. The van der Waals surface area contributed by atoms with Crippen molar-refractivity contribution in [2.45, 2.75) is 27.2 Å². The average Bonchev–Trinajstić information content (AvgIpc) is 2.75. The van der Waals surface area contributed by atoms with Crippen molar-refractivity contribution >= 4 is 12.0 Å². The Hall–Kier alpha value is -2.04. The molecular weight excluding hydrogens is 280 g/mol. The molecule has 2 rings (SSSR count). The predicted octanol–water partition coefficient (Wildman–Crippen LogP) is 2.61. The number of benzene rings is 1. The van der Waals surface area contributed by atoms with Gasteiger partial charge in [0.15, 0.2) is 0 Å². The summed E-state index contributed by atoms with van der Waals surface area (Å²) in [5.41, 5.74) is 2.82. The van der Waals surface area contributed by atoms with Gasteiger partial charge in [-0.2, -0.15) is 0 Å². The van der Waals surface area contributed by atoms with Crippen molar-refractivity contribution in [2.75, 3.05) is 32.8 Å². The fourth-order valence-electron chi connectivity index (χ4n) is 2.65. The minimum atomic E-state index is -0.288. The molecule has 1 aromatic carbocycles. The largest absolute Gasteiger partial charge is 0.450 e. The molecule has 1 heterocycles. The average molecular weight is 304 g/mol. The van der Waals surface area contributed by atoms with E-state index < -0.39 is 0 Å². The van der Waals surface area contributed by atoms with E-state index in [-0.39, 0.29) is 12.0 Å². The van der Waals surface area contributed by atoms with Crippen molar-refractivity contribution in [3.63, 3.8) is 0 Å². The molecule has 120 valence electrons. The first kappa shape index (κ1) is 16.3. The van der Waals surface area contributed by atoms with E-state index in [1.807, 2.05) is 36.9 Å². The smallest absolute Gasteiger partial charge is 0.409 e. The Balaban J connectivity index is 2.06. The number of amides is 2. The van der Waals surface area contributed by atoms with Gasteiger partial charge in [0.1, 0.15) is 0 Å². The van der Waals surface area contributed by atoms with Gasteiger partial charge in [0.05, 0.1) is 6.61 Å². The summed E-state index contributed by atoms with van der Waals surface area (Å²) in [5, 5.41) is 0. The van der Waals surface area contributed by atoms with Crippen molar-refractivity contribution in [3.8, 4) is 0 Å². The number of hydrogen-bond donors (Lipinski definition) is 0. The molecule has 0 bridgehead atoms. The molecule has 0 unspecified atom stereocenters. The van der Waals surface area contributed by atoms with Crippen molar-refractivity contribution in [3.05, 3.63) is 34.9 Å². The highest BCUT2D eigenvalue weighted by atomic mass is 16.6. The van der Waals surface area contributed by atoms with Crippen LogP contribution in [0.4, 0.5) is 4.79 Å². The van der Waals surface area contributed by atoms with Gasteiger partial charge in [-0.05, 0) is 38.8 Å². The summed E-state index contributed by atoms with van der Waals surface area (Å²) in [6.45, 7) is 8.49. The van der Waals surface area contributed by atoms with Crippen LogP contribution in [0.1, 0.15) is 34.8 Å². The molecule has 0 aromatic heterocycles. The molecule has 0 atom stereocenters. The first-order valence-electron chi connectivity index (χ1n) is 7.81. The highest BCUT2D eigenvalue weighted by Crippen LogP contribution is 2.15. The first-order valence-corrected chi connectivity index (χ1v) is 7.81. The van der Waals surface area contributed by atoms with Crippen LogP contribution in [-0.2, 0) is 4.74 Å². The second-order valence-corrected chi connectivity index (χ2v) is 5.65. The summed E-state index contributed by atoms with van der Waals surface area (Å²) in [6, 6.07) is 5.92. The van der Waals surface area contributed by atoms with E-state index in [1.54, 1.807) is 11.8 Å². The Bertz CT molecular complexity index is 557. The molecular formula is C17H24N2O3. The maximum absolute atomic E-state index is 12.7. The van der Waals surface area contributed by atoms with Gasteiger partial charge in [-0.15, -0.1) is 0 Å². The molecule has 0 saturated carbocycles. The van der Waals surface area contributed by atoms with Gasteiger partial charge in [0.2, 0.25) is 0 Å². The zero-order valence-electron chi connectivity index (χ0n) is 13.6. The number of ether oxygens (including phenoxy) is 1. The molecule has 1 aromatic rings. The molecule has 0 spiro atoms. The summed E-state index contributed by atoms with van der Waals surface area (Å²) < 4.78 is 5.04. The van der Waals surface area contributed by atoms with Gasteiger partial charge in [0, 0.05) is 31.7 Å². The number of aryl methyl sites for hydroxylation is 2. The van der Waals surface area contributed by atoms with E-state index in [1.165, 1.54) is 0 Å². The van der Waals surface area contributed by atoms with Crippen molar-refractivity contribution in [2.24, 2.45) is 0 Å². The number of rotatable bonds is 2. The summed E-state index contributed by atoms with van der Waals surface area (Å²) in [4.78, 5) is 28.0. The van der Waals surface area contributed by atoms with Gasteiger partial charge in [-0.3, -0.25) is 4.79 Å². The van der Waals surface area contributed by atoms with Crippen LogP contribution in [0.15, 0.2) is 18.2 Å². The molecule has 1 saturated heterocycles. The Morgan fingerprint density at radius 2 is 1.77 bits per heavy atom. The lowest BCUT2D eigenvalue weighted by molar-refractivity contribution is 0.0752.